The van der Waals surface area contributed by atoms with Crippen molar-refractivity contribution >= 4 is 23.1 Å². The third-order valence-electron chi connectivity index (χ3n) is 5.77. The van der Waals surface area contributed by atoms with Gasteiger partial charge in [0.05, 0.1) is 17.3 Å². The number of nitrogens with zero attached hydrogens (tertiary/aromatic N) is 4. The maximum Gasteiger partial charge on any atom is 0.330 e. The predicted octanol–water partition coefficient (Wildman–Crippen LogP) is 3.68. The third-order valence-corrected chi connectivity index (χ3v) is 5.99. The Morgan fingerprint density at radius 3 is 2.50 bits per heavy atom. The van der Waals surface area contributed by atoms with Gasteiger partial charge in [-0.15, -0.1) is 0 Å². The predicted molar refractivity (Wildman–Crippen MR) is 142 cm³/mol. The lowest BCUT2D eigenvalue weighted by molar-refractivity contribution is 0.277. The Labute approximate surface area is 213 Å². The van der Waals surface area contributed by atoms with Crippen LogP contribution in [0.25, 0.3) is 11.1 Å². The van der Waals surface area contributed by atoms with Crippen molar-refractivity contribution in [3.05, 3.63) is 116 Å². The number of aliphatic hydroxyl groups excluding tert-OH is 1. The highest BCUT2D eigenvalue weighted by Gasteiger charge is 2.22. The molecular weight excluding hydrogens is 478 g/mol. The van der Waals surface area contributed by atoms with Crippen molar-refractivity contribution in [1.82, 2.24) is 14.1 Å². The number of aliphatic hydroxyl groups is 1. The second-order valence-corrected chi connectivity index (χ2v) is 8.73. The van der Waals surface area contributed by atoms with Gasteiger partial charge in [-0.05, 0) is 35.7 Å². The number of aromatic nitrogens is 3. The Kier molecular flexibility index (Phi) is 7.77. The summed E-state index contributed by atoms with van der Waals surface area (Å²) in [6.07, 6.45) is 3.20. The van der Waals surface area contributed by atoms with Crippen molar-refractivity contribution in [2.75, 3.05) is 11.5 Å². The summed E-state index contributed by atoms with van der Waals surface area (Å²) >= 11 is 6.00. The van der Waals surface area contributed by atoms with E-state index >= 15 is 0 Å². The van der Waals surface area contributed by atoms with E-state index in [1.54, 1.807) is 19.2 Å². The molecule has 0 fully saturated rings. The summed E-state index contributed by atoms with van der Waals surface area (Å²) in [5.41, 5.74) is 2.26. The molecule has 8 nitrogen and oxygen atoms in total. The van der Waals surface area contributed by atoms with Gasteiger partial charge in [0.2, 0.25) is 0 Å². The maximum absolute atomic E-state index is 13.4. The van der Waals surface area contributed by atoms with Crippen LogP contribution in [0.15, 0.2) is 88.7 Å². The molecule has 4 aromatic rings. The van der Waals surface area contributed by atoms with Gasteiger partial charge in [-0.2, -0.15) is 0 Å². The molecule has 0 aliphatic carbocycles. The fraction of sp³-hybridized carbons (Fsp3) is 0.185. The third kappa shape index (κ3) is 5.45. The van der Waals surface area contributed by atoms with Gasteiger partial charge in [-0.25, -0.2) is 4.79 Å². The van der Waals surface area contributed by atoms with Gasteiger partial charge < -0.3 is 14.6 Å². The topological polar surface area (TPSA) is 104 Å². The smallest absolute Gasteiger partial charge is 0.330 e. The first-order valence-corrected chi connectivity index (χ1v) is 11.8. The van der Waals surface area contributed by atoms with Crippen molar-refractivity contribution in [2.24, 2.45) is 7.05 Å². The van der Waals surface area contributed by atoms with E-state index in [9.17, 15) is 14.7 Å². The highest BCUT2D eigenvalue weighted by atomic mass is 35.5. The van der Waals surface area contributed by atoms with Crippen LogP contribution in [0.5, 0.6) is 0 Å². The number of rotatable bonds is 8. The zero-order chi connectivity index (χ0) is 25.7. The minimum Gasteiger partial charge on any atom is -0.396 e. The Bertz CT molecular complexity index is 1480. The number of amidine groups is 1. The minimum atomic E-state index is -0.538. The molecule has 0 saturated heterocycles. The average Bonchev–Trinajstić information content (AvgIpc) is 2.91. The molecule has 0 bridgehead atoms. The van der Waals surface area contributed by atoms with E-state index in [0.717, 1.165) is 15.7 Å². The van der Waals surface area contributed by atoms with E-state index in [4.69, 9.17) is 17.0 Å². The van der Waals surface area contributed by atoms with Crippen molar-refractivity contribution in [3.63, 3.8) is 0 Å². The maximum atomic E-state index is 13.4. The van der Waals surface area contributed by atoms with Crippen molar-refractivity contribution < 1.29 is 5.11 Å². The van der Waals surface area contributed by atoms with Crippen LogP contribution in [0.4, 0.5) is 5.69 Å². The second-order valence-electron chi connectivity index (χ2n) is 8.29. The van der Waals surface area contributed by atoms with Crippen LogP contribution in [0.2, 0.25) is 5.02 Å². The number of hydrogen-bond donors (Lipinski definition) is 2. The minimum absolute atomic E-state index is 0.0692. The normalized spacial score (nSPS) is 10.9. The molecule has 0 atom stereocenters. The van der Waals surface area contributed by atoms with Gasteiger partial charge in [0, 0.05) is 38.2 Å². The summed E-state index contributed by atoms with van der Waals surface area (Å²) in [5.74, 6) is 0.0778. The molecule has 2 aromatic heterocycles. The van der Waals surface area contributed by atoms with Crippen LogP contribution in [0.3, 0.4) is 0 Å². The van der Waals surface area contributed by atoms with Crippen LogP contribution in [-0.4, -0.2) is 31.7 Å². The van der Waals surface area contributed by atoms with E-state index in [1.807, 2.05) is 54.6 Å². The van der Waals surface area contributed by atoms with Crippen molar-refractivity contribution in [3.8, 4) is 11.1 Å². The number of anilines is 1. The molecule has 2 heterocycles. The van der Waals surface area contributed by atoms with E-state index < -0.39 is 11.2 Å². The van der Waals surface area contributed by atoms with Gasteiger partial charge in [0.1, 0.15) is 11.5 Å². The standard InChI is InChI=1S/C27H26ClN5O3/c1-31-18-24(26(35)32(27(31)36)13-6-14-34)33(17-23-12-11-22(28)16-30-23)25(29)21-10-5-9-20(15-21)19-7-3-2-4-8-19/h2-5,7-12,15-16,18,29,34H,6,13-14,17H2,1H3. The SMILES string of the molecule is Cn1cc(N(Cc2ccc(Cl)cn2)C(=N)c2cccc(-c3ccccc3)c2)c(=O)n(CCCO)c1=O. The zero-order valence-electron chi connectivity index (χ0n) is 19.8. The first-order chi connectivity index (χ1) is 17.4. The first kappa shape index (κ1) is 25.1. The molecule has 184 valence electrons. The quantitative estimate of drug-likeness (QED) is 0.282. The fourth-order valence-corrected chi connectivity index (χ4v) is 4.01. The number of benzene rings is 2. The first-order valence-electron chi connectivity index (χ1n) is 11.4. The highest BCUT2D eigenvalue weighted by Crippen LogP contribution is 2.23. The molecule has 9 heteroatoms. The number of hydrogen-bond acceptors (Lipinski definition) is 5. The van der Waals surface area contributed by atoms with Crippen LogP contribution in [-0.2, 0) is 20.1 Å². The van der Waals surface area contributed by atoms with Crippen molar-refractivity contribution in [1.29, 1.82) is 5.41 Å². The van der Waals surface area contributed by atoms with Gasteiger partial charge in [-0.1, -0.05) is 60.1 Å². The molecule has 0 aliphatic rings. The molecule has 0 radical (unpaired) electrons. The van der Waals surface area contributed by atoms with Gasteiger partial charge in [-0.3, -0.25) is 19.8 Å². The van der Waals surface area contributed by atoms with E-state index in [2.05, 4.69) is 4.98 Å². The van der Waals surface area contributed by atoms with Gasteiger partial charge in [0.25, 0.3) is 5.56 Å². The zero-order valence-corrected chi connectivity index (χ0v) is 20.5. The molecule has 0 amide bonds. The molecule has 0 unspecified atom stereocenters. The summed E-state index contributed by atoms with van der Waals surface area (Å²) in [6, 6.07) is 20.8. The number of pyridine rings is 1. The largest absolute Gasteiger partial charge is 0.396 e. The number of halogens is 1. The molecule has 2 N–H and O–H groups in total. The summed E-state index contributed by atoms with van der Waals surface area (Å²) < 4.78 is 2.39. The van der Waals surface area contributed by atoms with Crippen LogP contribution in [0.1, 0.15) is 17.7 Å². The second kappa shape index (κ2) is 11.2. The summed E-state index contributed by atoms with van der Waals surface area (Å²) in [7, 11) is 1.55. The Balaban J connectivity index is 1.82. The van der Waals surface area contributed by atoms with Crippen molar-refractivity contribution in [2.45, 2.75) is 19.5 Å². The Hall–Kier alpha value is -4.01. The lowest BCUT2D eigenvalue weighted by Crippen LogP contribution is -2.44. The monoisotopic (exact) mass is 503 g/mol. The lowest BCUT2D eigenvalue weighted by atomic mass is 10.0. The van der Waals surface area contributed by atoms with Gasteiger partial charge >= 0.3 is 5.69 Å². The molecule has 2 aromatic carbocycles. The summed E-state index contributed by atoms with van der Waals surface area (Å²) in [5, 5.41) is 18.8. The van der Waals surface area contributed by atoms with Crippen LogP contribution < -0.4 is 16.1 Å². The molecule has 4 rings (SSSR count). The average molecular weight is 504 g/mol. The van der Waals surface area contributed by atoms with E-state index in [-0.39, 0.29) is 37.6 Å². The van der Waals surface area contributed by atoms with Crippen LogP contribution >= 0.6 is 11.6 Å². The lowest BCUT2D eigenvalue weighted by Gasteiger charge is -2.26. The summed E-state index contributed by atoms with van der Waals surface area (Å²) in [4.78, 5) is 32.0. The molecule has 36 heavy (non-hydrogen) atoms. The Morgan fingerprint density at radius 1 is 1.06 bits per heavy atom. The fourth-order valence-electron chi connectivity index (χ4n) is 3.90. The molecule has 0 saturated carbocycles. The number of nitrogens with one attached hydrogen (secondary N) is 1. The van der Waals surface area contributed by atoms with Gasteiger partial charge in [0.15, 0.2) is 0 Å². The molecule has 0 spiro atoms. The van der Waals surface area contributed by atoms with E-state index in [1.165, 1.54) is 21.9 Å². The Morgan fingerprint density at radius 2 is 1.81 bits per heavy atom. The van der Waals surface area contributed by atoms with Crippen LogP contribution in [0, 0.1) is 5.41 Å². The molecule has 0 aliphatic heterocycles. The highest BCUT2D eigenvalue weighted by molar-refractivity contribution is 6.30. The van der Waals surface area contributed by atoms with E-state index in [0.29, 0.717) is 16.3 Å². The summed E-state index contributed by atoms with van der Waals surface area (Å²) in [6.45, 7) is 0.0268. The molecular formula is C27H26ClN5O3. The number of aryl methyl sites for hydroxylation is 1.